The SMILES string of the molecule is COc1ccc(-c2ccc3c4c(ccc3c2)OC2(C=C4)c3ccccc3C3(CCCC3)c3ccccc32)cc1. The summed E-state index contributed by atoms with van der Waals surface area (Å²) in [5.41, 5.74) is 8.47. The van der Waals surface area contributed by atoms with E-state index in [-0.39, 0.29) is 5.41 Å². The third kappa shape index (κ3) is 3.15. The van der Waals surface area contributed by atoms with Crippen molar-refractivity contribution in [2.24, 2.45) is 0 Å². The minimum absolute atomic E-state index is 0.0944. The van der Waals surface area contributed by atoms with E-state index in [0.29, 0.717) is 0 Å². The molecule has 39 heavy (non-hydrogen) atoms. The van der Waals surface area contributed by atoms with Gasteiger partial charge in [-0.1, -0.05) is 91.7 Å². The molecule has 0 unspecified atom stereocenters. The summed E-state index contributed by atoms with van der Waals surface area (Å²) in [5, 5.41) is 2.42. The molecule has 2 nitrogen and oxygen atoms in total. The summed E-state index contributed by atoms with van der Waals surface area (Å²) in [7, 11) is 1.70. The van der Waals surface area contributed by atoms with Gasteiger partial charge in [0.15, 0.2) is 5.60 Å². The molecule has 1 fully saturated rings. The Bertz CT molecular complexity index is 1720. The summed E-state index contributed by atoms with van der Waals surface area (Å²) in [5.74, 6) is 1.81. The minimum Gasteiger partial charge on any atom is -0.497 e. The Kier molecular flexibility index (Phi) is 4.85. The van der Waals surface area contributed by atoms with Crippen molar-refractivity contribution in [2.75, 3.05) is 7.11 Å². The first-order valence-electron chi connectivity index (χ1n) is 14.0. The number of ether oxygens (including phenoxy) is 2. The summed E-state index contributed by atoms with van der Waals surface area (Å²) in [4.78, 5) is 0. The van der Waals surface area contributed by atoms with Crippen LogP contribution in [0.4, 0.5) is 0 Å². The molecule has 0 amide bonds. The van der Waals surface area contributed by atoms with E-state index < -0.39 is 5.60 Å². The lowest BCUT2D eigenvalue weighted by Crippen LogP contribution is -2.44. The van der Waals surface area contributed by atoms with Gasteiger partial charge in [-0.15, -0.1) is 0 Å². The van der Waals surface area contributed by atoms with E-state index in [0.717, 1.165) is 17.1 Å². The average molecular weight is 507 g/mol. The summed E-state index contributed by atoms with van der Waals surface area (Å²) < 4.78 is 12.5. The lowest BCUT2D eigenvalue weighted by atomic mass is 9.60. The average Bonchev–Trinajstić information content (AvgIpc) is 3.51. The first kappa shape index (κ1) is 22.7. The second-order valence-electron chi connectivity index (χ2n) is 11.2. The predicted octanol–water partition coefficient (Wildman–Crippen LogP) is 9.04. The predicted molar refractivity (Wildman–Crippen MR) is 159 cm³/mol. The van der Waals surface area contributed by atoms with Gasteiger partial charge in [0.1, 0.15) is 11.5 Å². The lowest BCUT2D eigenvalue weighted by molar-refractivity contribution is 0.150. The molecule has 1 aliphatic heterocycles. The van der Waals surface area contributed by atoms with E-state index in [1.54, 1.807) is 7.11 Å². The molecule has 2 heteroatoms. The molecule has 0 atom stereocenters. The number of methoxy groups -OCH3 is 1. The van der Waals surface area contributed by atoms with E-state index in [4.69, 9.17) is 9.47 Å². The molecule has 1 saturated carbocycles. The van der Waals surface area contributed by atoms with Crippen LogP contribution in [0.25, 0.3) is 28.0 Å². The molecule has 0 N–H and O–H groups in total. The van der Waals surface area contributed by atoms with Crippen molar-refractivity contribution in [3.8, 4) is 22.6 Å². The van der Waals surface area contributed by atoms with Crippen molar-refractivity contribution in [1.82, 2.24) is 0 Å². The van der Waals surface area contributed by atoms with Crippen LogP contribution in [-0.4, -0.2) is 7.11 Å². The topological polar surface area (TPSA) is 18.5 Å². The van der Waals surface area contributed by atoms with Crippen molar-refractivity contribution < 1.29 is 9.47 Å². The minimum atomic E-state index is -0.620. The van der Waals surface area contributed by atoms with Gasteiger partial charge in [-0.2, -0.15) is 0 Å². The lowest BCUT2D eigenvalue weighted by Gasteiger charge is -2.48. The van der Waals surface area contributed by atoms with Crippen LogP contribution in [0.5, 0.6) is 11.5 Å². The van der Waals surface area contributed by atoms with Gasteiger partial charge in [-0.05, 0) is 82.3 Å². The van der Waals surface area contributed by atoms with Crippen LogP contribution in [-0.2, 0) is 11.0 Å². The Morgan fingerprint density at radius 1 is 0.667 bits per heavy atom. The summed E-state index contributed by atoms with van der Waals surface area (Å²) in [6.45, 7) is 0. The Hall–Kier alpha value is -4.30. The molecule has 3 aliphatic rings. The number of hydrogen-bond donors (Lipinski definition) is 0. The smallest absolute Gasteiger partial charge is 0.178 e. The van der Waals surface area contributed by atoms with Crippen molar-refractivity contribution in [3.63, 3.8) is 0 Å². The molecular weight excluding hydrogens is 476 g/mol. The Balaban J connectivity index is 1.27. The van der Waals surface area contributed by atoms with Crippen molar-refractivity contribution in [3.05, 3.63) is 137 Å². The molecule has 0 aromatic heterocycles. The molecule has 5 aromatic carbocycles. The fourth-order valence-corrected chi connectivity index (χ4v) is 7.51. The van der Waals surface area contributed by atoms with E-state index in [1.807, 2.05) is 12.1 Å². The fraction of sp³-hybridized carbons (Fsp3) is 0.189. The van der Waals surface area contributed by atoms with E-state index >= 15 is 0 Å². The number of hydrogen-bond acceptors (Lipinski definition) is 2. The summed E-state index contributed by atoms with van der Waals surface area (Å²) in [6.07, 6.45) is 9.58. The van der Waals surface area contributed by atoms with Gasteiger partial charge in [0.05, 0.1) is 7.11 Å². The Labute approximate surface area is 229 Å². The molecule has 8 rings (SSSR count). The van der Waals surface area contributed by atoms with Crippen molar-refractivity contribution in [1.29, 1.82) is 0 Å². The fourth-order valence-electron chi connectivity index (χ4n) is 7.51. The van der Waals surface area contributed by atoms with Crippen molar-refractivity contribution in [2.45, 2.75) is 36.7 Å². The normalized spacial score (nSPS) is 17.5. The van der Waals surface area contributed by atoms with Gasteiger partial charge in [0.25, 0.3) is 0 Å². The standard InChI is InChI=1S/C37H30O2/c1-38-28-16-12-25(13-17-28)26-14-18-29-27(24-26)15-19-35-30(29)20-23-37(39-35)33-10-4-2-8-31(33)36(21-6-7-22-36)32-9-3-5-11-34(32)37/h2-5,8-20,23-24H,6-7,21-22H2,1H3. The first-order valence-corrected chi connectivity index (χ1v) is 14.0. The molecule has 190 valence electrons. The van der Waals surface area contributed by atoms with Crippen LogP contribution in [0.15, 0.2) is 109 Å². The van der Waals surface area contributed by atoms with E-state index in [2.05, 4.69) is 103 Å². The number of rotatable bonds is 2. The first-order chi connectivity index (χ1) is 19.2. The largest absolute Gasteiger partial charge is 0.497 e. The van der Waals surface area contributed by atoms with Crippen LogP contribution in [0.2, 0.25) is 0 Å². The molecule has 5 aromatic rings. The van der Waals surface area contributed by atoms with Gasteiger partial charge in [-0.3, -0.25) is 0 Å². The maximum atomic E-state index is 7.16. The van der Waals surface area contributed by atoms with Crippen LogP contribution in [0.1, 0.15) is 53.5 Å². The highest BCUT2D eigenvalue weighted by Crippen LogP contribution is 2.58. The van der Waals surface area contributed by atoms with Gasteiger partial charge in [0.2, 0.25) is 0 Å². The summed E-state index contributed by atoms with van der Waals surface area (Å²) in [6, 6.07) is 37.4. The van der Waals surface area contributed by atoms with E-state index in [9.17, 15) is 0 Å². The van der Waals surface area contributed by atoms with Crippen LogP contribution < -0.4 is 9.47 Å². The molecule has 0 radical (unpaired) electrons. The zero-order valence-electron chi connectivity index (χ0n) is 22.1. The van der Waals surface area contributed by atoms with Gasteiger partial charge in [-0.25, -0.2) is 0 Å². The van der Waals surface area contributed by atoms with Crippen molar-refractivity contribution >= 4 is 16.8 Å². The maximum Gasteiger partial charge on any atom is 0.178 e. The highest BCUT2D eigenvalue weighted by atomic mass is 16.5. The Morgan fingerprint density at radius 3 is 1.97 bits per heavy atom. The molecule has 1 heterocycles. The molecule has 2 spiro atoms. The highest BCUT2D eigenvalue weighted by molar-refractivity contribution is 5.96. The quantitative estimate of drug-likeness (QED) is 0.238. The molecule has 0 bridgehead atoms. The monoisotopic (exact) mass is 506 g/mol. The second-order valence-corrected chi connectivity index (χ2v) is 11.2. The number of benzene rings is 5. The Morgan fingerprint density at radius 2 is 1.31 bits per heavy atom. The van der Waals surface area contributed by atoms with Crippen LogP contribution >= 0.6 is 0 Å². The van der Waals surface area contributed by atoms with Crippen LogP contribution in [0, 0.1) is 0 Å². The third-order valence-electron chi connectivity index (χ3n) is 9.34. The van der Waals surface area contributed by atoms with Gasteiger partial charge in [0, 0.05) is 22.1 Å². The van der Waals surface area contributed by atoms with Gasteiger partial charge >= 0.3 is 0 Å². The second kappa shape index (κ2) is 8.35. The zero-order valence-corrected chi connectivity index (χ0v) is 22.1. The maximum absolute atomic E-state index is 7.16. The third-order valence-corrected chi connectivity index (χ3v) is 9.34. The molecule has 0 saturated heterocycles. The molecular formula is C37H30O2. The van der Waals surface area contributed by atoms with E-state index in [1.165, 1.54) is 69.8 Å². The molecule has 2 aliphatic carbocycles. The summed E-state index contributed by atoms with van der Waals surface area (Å²) >= 11 is 0. The van der Waals surface area contributed by atoms with Gasteiger partial charge < -0.3 is 9.47 Å². The highest BCUT2D eigenvalue weighted by Gasteiger charge is 2.52. The zero-order chi connectivity index (χ0) is 26.0. The van der Waals surface area contributed by atoms with Crippen LogP contribution in [0.3, 0.4) is 0 Å². The number of fused-ring (bicyclic) bond motifs is 9.